The molecule has 118 valence electrons. The molecule has 1 N–H and O–H groups in total. The normalized spacial score (nSPS) is 12.8. The second kappa shape index (κ2) is 6.17. The molecule has 0 aliphatic rings. The van der Waals surface area contributed by atoms with Crippen LogP contribution in [-0.2, 0) is 4.74 Å². The van der Waals surface area contributed by atoms with Crippen LogP contribution in [0.5, 0.6) is 0 Å². The van der Waals surface area contributed by atoms with Crippen molar-refractivity contribution in [3.63, 3.8) is 0 Å². The third-order valence-corrected chi connectivity index (χ3v) is 2.86. The highest BCUT2D eigenvalue weighted by molar-refractivity contribution is 5.68. The minimum absolute atomic E-state index is 0.335. The van der Waals surface area contributed by atoms with Crippen LogP contribution in [0.15, 0.2) is 28.8 Å². The van der Waals surface area contributed by atoms with E-state index in [1.165, 1.54) is 0 Å². The summed E-state index contributed by atoms with van der Waals surface area (Å²) in [5.74, 6) is 0.828. The van der Waals surface area contributed by atoms with Crippen molar-refractivity contribution in [1.82, 2.24) is 15.5 Å². The van der Waals surface area contributed by atoms with Crippen LogP contribution in [0, 0.1) is 6.92 Å². The van der Waals surface area contributed by atoms with Gasteiger partial charge in [-0.05, 0) is 34.6 Å². The molecule has 0 aliphatic carbocycles. The van der Waals surface area contributed by atoms with E-state index in [-0.39, 0.29) is 0 Å². The van der Waals surface area contributed by atoms with Gasteiger partial charge in [-0.15, -0.1) is 0 Å². The second-order valence-corrected chi connectivity index (χ2v) is 6.19. The minimum atomic E-state index is -0.550. The molecule has 0 spiro atoms. The summed E-state index contributed by atoms with van der Waals surface area (Å²) in [5, 5.41) is 6.61. The molecule has 0 radical (unpaired) electrons. The van der Waals surface area contributed by atoms with Crippen LogP contribution in [0.25, 0.3) is 11.4 Å². The summed E-state index contributed by atoms with van der Waals surface area (Å²) in [6, 6.07) is 7.38. The van der Waals surface area contributed by atoms with Crippen LogP contribution in [0.3, 0.4) is 0 Å². The number of amides is 1. The molecule has 1 aromatic heterocycles. The maximum atomic E-state index is 11.7. The lowest BCUT2D eigenvalue weighted by atomic mass is 10.1. The van der Waals surface area contributed by atoms with E-state index in [0.29, 0.717) is 11.7 Å². The van der Waals surface area contributed by atoms with Gasteiger partial charge in [-0.25, -0.2) is 4.79 Å². The summed E-state index contributed by atoms with van der Waals surface area (Å²) >= 11 is 0. The number of aryl methyl sites for hydroxylation is 1. The number of aromatic nitrogens is 2. The molecule has 0 bridgehead atoms. The van der Waals surface area contributed by atoms with Crippen molar-refractivity contribution >= 4 is 6.09 Å². The molecule has 0 aliphatic heterocycles. The zero-order valence-corrected chi connectivity index (χ0v) is 13.5. The highest BCUT2D eigenvalue weighted by atomic mass is 16.6. The lowest BCUT2D eigenvalue weighted by molar-refractivity contribution is 0.0499. The van der Waals surface area contributed by atoms with E-state index in [1.54, 1.807) is 27.7 Å². The molecule has 2 aromatic rings. The van der Waals surface area contributed by atoms with Crippen LogP contribution in [0.4, 0.5) is 4.79 Å². The third-order valence-electron chi connectivity index (χ3n) is 2.86. The fourth-order valence-corrected chi connectivity index (χ4v) is 1.78. The predicted molar refractivity (Wildman–Crippen MR) is 82.3 cm³/mol. The van der Waals surface area contributed by atoms with Gasteiger partial charge in [-0.2, -0.15) is 4.98 Å². The highest BCUT2D eigenvalue weighted by Crippen LogP contribution is 2.19. The van der Waals surface area contributed by atoms with Crippen molar-refractivity contribution in [3.05, 3.63) is 35.7 Å². The molecule has 22 heavy (non-hydrogen) atoms. The lowest BCUT2D eigenvalue weighted by Crippen LogP contribution is -2.34. The van der Waals surface area contributed by atoms with Crippen molar-refractivity contribution in [2.24, 2.45) is 0 Å². The van der Waals surface area contributed by atoms with Crippen molar-refractivity contribution < 1.29 is 14.1 Å². The molecule has 1 unspecified atom stereocenters. The molecular formula is C16H21N3O3. The molecule has 0 saturated carbocycles. The first kappa shape index (κ1) is 16.0. The highest BCUT2D eigenvalue weighted by Gasteiger charge is 2.21. The number of carbonyl (C=O) groups excluding carboxylic acids is 1. The summed E-state index contributed by atoms with van der Waals surface area (Å²) in [6.45, 7) is 9.19. The van der Waals surface area contributed by atoms with Gasteiger partial charge in [0, 0.05) is 5.56 Å². The van der Waals surface area contributed by atoms with Crippen LogP contribution in [0.2, 0.25) is 0 Å². The quantitative estimate of drug-likeness (QED) is 0.936. The molecular weight excluding hydrogens is 282 g/mol. The average Bonchev–Trinajstić information content (AvgIpc) is 2.86. The first-order valence-electron chi connectivity index (χ1n) is 7.15. The smallest absolute Gasteiger partial charge is 0.408 e. The topological polar surface area (TPSA) is 77.2 Å². The van der Waals surface area contributed by atoms with Gasteiger partial charge < -0.3 is 14.6 Å². The summed E-state index contributed by atoms with van der Waals surface area (Å²) in [7, 11) is 0. The largest absolute Gasteiger partial charge is 0.444 e. The van der Waals surface area contributed by atoms with E-state index in [4.69, 9.17) is 9.26 Å². The van der Waals surface area contributed by atoms with E-state index in [2.05, 4.69) is 15.5 Å². The van der Waals surface area contributed by atoms with Crippen LogP contribution in [-0.4, -0.2) is 21.8 Å². The van der Waals surface area contributed by atoms with Gasteiger partial charge in [0.2, 0.25) is 11.7 Å². The van der Waals surface area contributed by atoms with Gasteiger partial charge in [-0.3, -0.25) is 0 Å². The third kappa shape index (κ3) is 4.31. The summed E-state index contributed by atoms with van der Waals surface area (Å²) in [4.78, 5) is 16.0. The van der Waals surface area contributed by atoms with Crippen LogP contribution in [0.1, 0.15) is 45.2 Å². The molecule has 6 heteroatoms. The van der Waals surface area contributed by atoms with Crippen LogP contribution < -0.4 is 5.32 Å². The Bertz CT molecular complexity index is 641. The van der Waals surface area contributed by atoms with Gasteiger partial charge in [0.05, 0.1) is 0 Å². The summed E-state index contributed by atoms with van der Waals surface area (Å²) in [5.41, 5.74) is 1.48. The fourth-order valence-electron chi connectivity index (χ4n) is 1.78. The number of alkyl carbamates (subject to hydrolysis) is 1. The minimum Gasteiger partial charge on any atom is -0.444 e. The number of nitrogens with zero attached hydrogens (tertiary/aromatic N) is 2. The second-order valence-electron chi connectivity index (χ2n) is 6.19. The summed E-state index contributed by atoms with van der Waals surface area (Å²) < 4.78 is 10.4. The summed E-state index contributed by atoms with van der Waals surface area (Å²) in [6.07, 6.45) is -0.518. The van der Waals surface area contributed by atoms with Crippen molar-refractivity contribution in [1.29, 1.82) is 0 Å². The van der Waals surface area contributed by atoms with Crippen molar-refractivity contribution in [2.45, 2.75) is 46.3 Å². The number of nitrogens with one attached hydrogen (secondary N) is 1. The number of rotatable bonds is 3. The van der Waals surface area contributed by atoms with Gasteiger partial charge >= 0.3 is 6.09 Å². The average molecular weight is 303 g/mol. The maximum absolute atomic E-state index is 11.7. The Labute approximate surface area is 129 Å². The molecule has 0 saturated heterocycles. The molecule has 2 rings (SSSR count). The Morgan fingerprint density at radius 3 is 2.50 bits per heavy atom. The zero-order valence-electron chi connectivity index (χ0n) is 13.5. The Morgan fingerprint density at radius 2 is 1.91 bits per heavy atom. The zero-order chi connectivity index (χ0) is 16.3. The standard InChI is InChI=1S/C16H21N3O3/c1-10-6-8-12(9-7-10)13-18-14(22-19-13)11(2)17-15(20)21-16(3,4)5/h6-9,11H,1-5H3,(H,17,20). The number of hydrogen-bond donors (Lipinski definition) is 1. The maximum Gasteiger partial charge on any atom is 0.408 e. The lowest BCUT2D eigenvalue weighted by Gasteiger charge is -2.20. The van der Waals surface area contributed by atoms with Gasteiger partial charge in [0.1, 0.15) is 11.6 Å². The Morgan fingerprint density at radius 1 is 1.27 bits per heavy atom. The Hall–Kier alpha value is -2.37. The first-order chi connectivity index (χ1) is 10.2. The van der Waals surface area contributed by atoms with Gasteiger partial charge in [-0.1, -0.05) is 35.0 Å². The number of carbonyl (C=O) groups is 1. The van der Waals surface area contributed by atoms with E-state index < -0.39 is 17.7 Å². The van der Waals surface area contributed by atoms with Crippen molar-refractivity contribution in [3.8, 4) is 11.4 Å². The van der Waals surface area contributed by atoms with Crippen molar-refractivity contribution in [2.75, 3.05) is 0 Å². The fraction of sp³-hybridized carbons (Fsp3) is 0.438. The molecule has 1 aromatic carbocycles. The molecule has 1 heterocycles. The van der Waals surface area contributed by atoms with E-state index in [9.17, 15) is 4.79 Å². The molecule has 1 atom stereocenters. The number of ether oxygens (including phenoxy) is 1. The number of hydrogen-bond acceptors (Lipinski definition) is 5. The molecule has 0 fully saturated rings. The molecule has 1 amide bonds. The SMILES string of the molecule is Cc1ccc(-c2noc(C(C)NC(=O)OC(C)(C)C)n2)cc1. The van der Waals surface area contributed by atoms with E-state index in [0.717, 1.165) is 11.1 Å². The first-order valence-corrected chi connectivity index (χ1v) is 7.15. The predicted octanol–water partition coefficient (Wildman–Crippen LogP) is 3.63. The monoisotopic (exact) mass is 303 g/mol. The van der Waals surface area contributed by atoms with Crippen LogP contribution >= 0.6 is 0 Å². The van der Waals surface area contributed by atoms with Gasteiger partial charge in [0.15, 0.2) is 0 Å². The Balaban J connectivity index is 2.04. The van der Waals surface area contributed by atoms with E-state index >= 15 is 0 Å². The number of benzene rings is 1. The Kier molecular flexibility index (Phi) is 4.49. The van der Waals surface area contributed by atoms with E-state index in [1.807, 2.05) is 31.2 Å². The molecule has 6 nitrogen and oxygen atoms in total. The van der Waals surface area contributed by atoms with Gasteiger partial charge in [0.25, 0.3) is 0 Å².